The minimum atomic E-state index is -0.104. The van der Waals surface area contributed by atoms with Crippen molar-refractivity contribution in [2.75, 3.05) is 14.2 Å². The van der Waals surface area contributed by atoms with Crippen molar-refractivity contribution in [1.29, 1.82) is 0 Å². The van der Waals surface area contributed by atoms with Gasteiger partial charge in [-0.15, -0.1) is 5.10 Å². The summed E-state index contributed by atoms with van der Waals surface area (Å²) in [5, 5.41) is 4.34. The predicted molar refractivity (Wildman–Crippen MR) is 55.1 cm³/mol. The molecule has 1 aromatic rings. The number of ether oxygens (including phenoxy) is 2. The first kappa shape index (κ1) is 10.9. The highest BCUT2D eigenvalue weighted by Gasteiger charge is 2.23. The van der Waals surface area contributed by atoms with Crippen LogP contribution in [0.25, 0.3) is 0 Å². The topological polar surface area (TPSA) is 36.3 Å². The van der Waals surface area contributed by atoms with Crippen LogP contribution in [0, 0.1) is 6.92 Å². The molecule has 0 aliphatic rings. The molecule has 0 radical (unpaired) electrons. The van der Waals surface area contributed by atoms with Crippen molar-refractivity contribution in [3.63, 3.8) is 0 Å². The van der Waals surface area contributed by atoms with E-state index in [1.165, 1.54) is 0 Å². The van der Waals surface area contributed by atoms with Gasteiger partial charge in [0.25, 0.3) is 0 Å². The first-order valence-corrected chi connectivity index (χ1v) is 4.60. The summed E-state index contributed by atoms with van der Waals surface area (Å²) in [6, 6.07) is 0. The van der Waals surface area contributed by atoms with Gasteiger partial charge in [0.15, 0.2) is 0 Å². The molecule has 1 heterocycles. The van der Waals surface area contributed by atoms with Gasteiger partial charge < -0.3 is 9.47 Å². The van der Waals surface area contributed by atoms with Crippen molar-refractivity contribution in [2.24, 2.45) is 0 Å². The molecule has 14 heavy (non-hydrogen) atoms. The molecule has 80 valence electrons. The van der Waals surface area contributed by atoms with E-state index in [9.17, 15) is 0 Å². The zero-order valence-electron chi connectivity index (χ0n) is 9.71. The van der Waals surface area contributed by atoms with Crippen molar-refractivity contribution >= 4 is 0 Å². The number of hydrogen-bond donors (Lipinski definition) is 0. The molecular formula is C10H18N2O2. The van der Waals surface area contributed by atoms with Crippen LogP contribution in [-0.4, -0.2) is 24.0 Å². The summed E-state index contributed by atoms with van der Waals surface area (Å²) in [5.74, 6) is 1.38. The molecule has 0 fully saturated rings. The van der Waals surface area contributed by atoms with E-state index in [-0.39, 0.29) is 5.54 Å². The summed E-state index contributed by atoms with van der Waals surface area (Å²) in [6.07, 6.45) is 0. The van der Waals surface area contributed by atoms with Crippen LogP contribution in [0.2, 0.25) is 0 Å². The Labute approximate surface area is 84.8 Å². The lowest BCUT2D eigenvalue weighted by molar-refractivity contribution is 0.276. The van der Waals surface area contributed by atoms with Crippen molar-refractivity contribution < 1.29 is 9.47 Å². The monoisotopic (exact) mass is 198 g/mol. The van der Waals surface area contributed by atoms with Gasteiger partial charge in [0.05, 0.1) is 25.3 Å². The third-order valence-electron chi connectivity index (χ3n) is 2.05. The van der Waals surface area contributed by atoms with E-state index in [0.717, 1.165) is 11.4 Å². The van der Waals surface area contributed by atoms with Gasteiger partial charge in [0.2, 0.25) is 11.8 Å². The zero-order chi connectivity index (χ0) is 10.9. The number of nitrogens with zero attached hydrogens (tertiary/aromatic N) is 2. The molecule has 0 unspecified atom stereocenters. The SMILES string of the molecule is COc1nn(C(C)(C)C)c(OC)c1C. The summed E-state index contributed by atoms with van der Waals surface area (Å²) < 4.78 is 12.3. The highest BCUT2D eigenvalue weighted by molar-refractivity contribution is 5.35. The molecule has 0 saturated heterocycles. The average Bonchev–Trinajstić information content (AvgIpc) is 2.41. The molecule has 1 rings (SSSR count). The molecule has 0 amide bonds. The van der Waals surface area contributed by atoms with Crippen molar-refractivity contribution in [2.45, 2.75) is 33.2 Å². The van der Waals surface area contributed by atoms with Crippen LogP contribution in [0.4, 0.5) is 0 Å². The fourth-order valence-electron chi connectivity index (χ4n) is 1.35. The van der Waals surface area contributed by atoms with Crippen molar-refractivity contribution in [3.05, 3.63) is 5.56 Å². The number of hydrogen-bond acceptors (Lipinski definition) is 3. The molecule has 1 aromatic heterocycles. The van der Waals surface area contributed by atoms with Crippen molar-refractivity contribution in [3.8, 4) is 11.8 Å². The first-order valence-electron chi connectivity index (χ1n) is 4.60. The molecule has 0 saturated carbocycles. The highest BCUT2D eigenvalue weighted by atomic mass is 16.5. The number of rotatable bonds is 2. The second kappa shape index (κ2) is 3.52. The van der Waals surface area contributed by atoms with E-state index in [1.54, 1.807) is 14.2 Å². The fraction of sp³-hybridized carbons (Fsp3) is 0.700. The second-order valence-electron chi connectivity index (χ2n) is 4.23. The minimum absolute atomic E-state index is 0.104. The van der Waals surface area contributed by atoms with Gasteiger partial charge in [0, 0.05) is 0 Å². The molecule has 0 aliphatic carbocycles. The van der Waals surface area contributed by atoms with Crippen molar-refractivity contribution in [1.82, 2.24) is 9.78 Å². The van der Waals surface area contributed by atoms with Gasteiger partial charge in [-0.05, 0) is 27.7 Å². The van der Waals surface area contributed by atoms with Gasteiger partial charge in [-0.3, -0.25) is 0 Å². The van der Waals surface area contributed by atoms with E-state index in [0.29, 0.717) is 5.88 Å². The summed E-state index contributed by atoms with van der Waals surface area (Å²) in [7, 11) is 3.26. The molecular weight excluding hydrogens is 180 g/mol. The average molecular weight is 198 g/mol. The Kier molecular flexibility index (Phi) is 2.73. The van der Waals surface area contributed by atoms with Crippen LogP contribution in [-0.2, 0) is 5.54 Å². The van der Waals surface area contributed by atoms with E-state index < -0.39 is 0 Å². The Morgan fingerprint density at radius 3 is 2.00 bits per heavy atom. The Bertz CT molecular complexity index is 324. The van der Waals surface area contributed by atoms with E-state index >= 15 is 0 Å². The van der Waals surface area contributed by atoms with Gasteiger partial charge in [-0.1, -0.05) is 0 Å². The minimum Gasteiger partial charge on any atom is -0.481 e. The van der Waals surface area contributed by atoms with Gasteiger partial charge >= 0.3 is 0 Å². The van der Waals surface area contributed by atoms with E-state index in [2.05, 4.69) is 25.9 Å². The molecule has 0 N–H and O–H groups in total. The number of methoxy groups -OCH3 is 2. The third-order valence-corrected chi connectivity index (χ3v) is 2.05. The van der Waals surface area contributed by atoms with Crippen LogP contribution in [0.15, 0.2) is 0 Å². The molecule has 0 atom stereocenters. The van der Waals surface area contributed by atoms with E-state index in [4.69, 9.17) is 9.47 Å². The Morgan fingerprint density at radius 2 is 1.71 bits per heavy atom. The zero-order valence-corrected chi connectivity index (χ0v) is 9.71. The lowest BCUT2D eigenvalue weighted by atomic mass is 10.1. The maximum Gasteiger partial charge on any atom is 0.239 e. The standard InChI is InChI=1S/C10H18N2O2/c1-7-8(13-5)11-12(9(7)14-6)10(2,3)4/h1-6H3. The predicted octanol–water partition coefficient (Wildman–Crippen LogP) is 1.96. The quantitative estimate of drug-likeness (QED) is 0.729. The third kappa shape index (κ3) is 1.69. The van der Waals surface area contributed by atoms with E-state index in [1.807, 2.05) is 11.6 Å². The van der Waals surface area contributed by atoms with Gasteiger partial charge in [-0.2, -0.15) is 0 Å². The summed E-state index contributed by atoms with van der Waals surface area (Å²) in [6.45, 7) is 8.15. The summed E-state index contributed by atoms with van der Waals surface area (Å²) in [4.78, 5) is 0. The maximum atomic E-state index is 5.31. The normalized spacial score (nSPS) is 11.6. The smallest absolute Gasteiger partial charge is 0.239 e. The Balaban J connectivity index is 3.30. The molecule has 0 spiro atoms. The van der Waals surface area contributed by atoms with Gasteiger partial charge in [0.1, 0.15) is 0 Å². The molecule has 0 aromatic carbocycles. The Morgan fingerprint density at radius 1 is 1.14 bits per heavy atom. The fourth-order valence-corrected chi connectivity index (χ4v) is 1.35. The second-order valence-corrected chi connectivity index (χ2v) is 4.23. The first-order chi connectivity index (χ1) is 6.41. The molecule has 4 nitrogen and oxygen atoms in total. The lowest BCUT2D eigenvalue weighted by Crippen LogP contribution is -2.23. The van der Waals surface area contributed by atoms with Crippen LogP contribution in [0.3, 0.4) is 0 Å². The van der Waals surface area contributed by atoms with Gasteiger partial charge in [-0.25, -0.2) is 4.68 Å². The molecule has 0 bridgehead atoms. The number of aromatic nitrogens is 2. The van der Waals surface area contributed by atoms with Crippen LogP contribution < -0.4 is 9.47 Å². The van der Waals surface area contributed by atoms with Crippen LogP contribution >= 0.6 is 0 Å². The van der Waals surface area contributed by atoms with Crippen LogP contribution in [0.5, 0.6) is 11.8 Å². The Hall–Kier alpha value is -1.19. The lowest BCUT2D eigenvalue weighted by Gasteiger charge is -2.21. The summed E-state index contributed by atoms with van der Waals surface area (Å²) >= 11 is 0. The molecule has 4 heteroatoms. The van der Waals surface area contributed by atoms with Crippen LogP contribution in [0.1, 0.15) is 26.3 Å². The highest BCUT2D eigenvalue weighted by Crippen LogP contribution is 2.31. The molecule has 0 aliphatic heterocycles. The summed E-state index contributed by atoms with van der Waals surface area (Å²) in [5.41, 5.74) is 0.831. The largest absolute Gasteiger partial charge is 0.481 e. The maximum absolute atomic E-state index is 5.31.